The van der Waals surface area contributed by atoms with Crippen LogP contribution in [-0.4, -0.2) is 15.3 Å². The third-order valence-corrected chi connectivity index (χ3v) is 5.39. The molecule has 6 heteroatoms. The molecule has 0 saturated carbocycles. The average Bonchev–Trinajstić information content (AvgIpc) is 3.02. The number of fused-ring (bicyclic) bond motifs is 3. The summed E-state index contributed by atoms with van der Waals surface area (Å²) in [5.74, 6) is -0.286. The quantitative estimate of drug-likeness (QED) is 0.598. The van der Waals surface area contributed by atoms with Crippen LogP contribution in [0.15, 0.2) is 53.3 Å². The van der Waals surface area contributed by atoms with Crippen LogP contribution in [0.2, 0.25) is 0 Å². The van der Waals surface area contributed by atoms with Crippen LogP contribution in [0, 0.1) is 6.92 Å². The fraction of sp³-hybridized carbons (Fsp3) is 0.150. The number of nitrogens with one attached hydrogen (secondary N) is 1. The highest BCUT2D eigenvalue weighted by Crippen LogP contribution is 2.24. The van der Waals surface area contributed by atoms with Crippen molar-refractivity contribution in [3.8, 4) is 0 Å². The van der Waals surface area contributed by atoms with Gasteiger partial charge in [0.15, 0.2) is 4.96 Å². The summed E-state index contributed by atoms with van der Waals surface area (Å²) in [6.07, 6.45) is 0.818. The summed E-state index contributed by atoms with van der Waals surface area (Å²) in [6.45, 7) is 4.01. The molecule has 5 nitrogen and oxygen atoms in total. The van der Waals surface area contributed by atoms with Gasteiger partial charge in [0.05, 0.1) is 11.0 Å². The summed E-state index contributed by atoms with van der Waals surface area (Å²) >= 11 is 1.21. The highest BCUT2D eigenvalue weighted by atomic mass is 32.1. The smallest absolute Gasteiger partial charge is 0.266 e. The highest BCUT2D eigenvalue weighted by Gasteiger charge is 2.15. The van der Waals surface area contributed by atoms with E-state index >= 15 is 0 Å². The van der Waals surface area contributed by atoms with Crippen molar-refractivity contribution in [2.24, 2.45) is 0 Å². The topological polar surface area (TPSA) is 63.5 Å². The first kappa shape index (κ1) is 16.5. The number of benzene rings is 2. The lowest BCUT2D eigenvalue weighted by Crippen LogP contribution is -2.18. The van der Waals surface area contributed by atoms with Crippen LogP contribution < -0.4 is 10.9 Å². The number of nitrogens with zero attached hydrogens (tertiary/aromatic N) is 2. The van der Waals surface area contributed by atoms with Crippen LogP contribution in [-0.2, 0) is 6.42 Å². The van der Waals surface area contributed by atoms with Crippen LogP contribution in [0.3, 0.4) is 0 Å². The molecule has 0 radical (unpaired) electrons. The zero-order valence-electron chi connectivity index (χ0n) is 14.4. The van der Waals surface area contributed by atoms with Crippen LogP contribution in [0.25, 0.3) is 16.0 Å². The van der Waals surface area contributed by atoms with E-state index in [2.05, 4.69) is 10.3 Å². The van der Waals surface area contributed by atoms with Gasteiger partial charge in [-0.05, 0) is 36.6 Å². The predicted molar refractivity (Wildman–Crippen MR) is 105 cm³/mol. The zero-order chi connectivity index (χ0) is 18.3. The van der Waals surface area contributed by atoms with Crippen molar-refractivity contribution in [1.29, 1.82) is 0 Å². The zero-order valence-corrected chi connectivity index (χ0v) is 15.3. The van der Waals surface area contributed by atoms with E-state index in [9.17, 15) is 9.59 Å². The standard InChI is InChI=1S/C20H17N3O2S/c1-3-13-8-6-7-12(2)18(13)22-19(25)16-11-17(24)23-15-10-5-4-9-14(15)21-20(23)26-16/h4-11H,3H2,1-2H3,(H,22,25). The Bertz CT molecular complexity index is 1210. The van der Waals surface area contributed by atoms with Gasteiger partial charge in [-0.25, -0.2) is 4.98 Å². The van der Waals surface area contributed by atoms with Gasteiger partial charge in [0.1, 0.15) is 4.88 Å². The van der Waals surface area contributed by atoms with Gasteiger partial charge in [0.2, 0.25) is 0 Å². The monoisotopic (exact) mass is 363 g/mol. The Kier molecular flexibility index (Phi) is 4.05. The number of imidazole rings is 1. The minimum Gasteiger partial charge on any atom is -0.321 e. The minimum atomic E-state index is -0.286. The van der Waals surface area contributed by atoms with E-state index in [1.165, 1.54) is 17.4 Å². The maximum Gasteiger partial charge on any atom is 0.266 e. The predicted octanol–water partition coefficient (Wildman–Crippen LogP) is 4.03. The Morgan fingerprint density at radius 2 is 2.00 bits per heavy atom. The van der Waals surface area contributed by atoms with E-state index in [1.807, 2.05) is 56.3 Å². The highest BCUT2D eigenvalue weighted by molar-refractivity contribution is 7.18. The summed E-state index contributed by atoms with van der Waals surface area (Å²) in [6, 6.07) is 14.8. The van der Waals surface area contributed by atoms with E-state index in [0.29, 0.717) is 9.84 Å². The molecule has 0 unspecified atom stereocenters. The first-order chi connectivity index (χ1) is 12.6. The Morgan fingerprint density at radius 3 is 2.81 bits per heavy atom. The normalized spacial score (nSPS) is 11.2. The second-order valence-corrected chi connectivity index (χ2v) is 7.09. The molecule has 0 saturated heterocycles. The van der Waals surface area contributed by atoms with Crippen molar-refractivity contribution in [3.05, 3.63) is 74.9 Å². The lowest BCUT2D eigenvalue weighted by atomic mass is 10.1. The molecular formula is C20H17N3O2S. The number of anilines is 1. The summed E-state index contributed by atoms with van der Waals surface area (Å²) in [5.41, 5.74) is 4.12. The minimum absolute atomic E-state index is 0.252. The number of para-hydroxylation sites is 3. The Balaban J connectivity index is 1.79. The average molecular weight is 363 g/mol. The van der Waals surface area contributed by atoms with Gasteiger partial charge < -0.3 is 5.32 Å². The molecule has 4 aromatic rings. The number of rotatable bonds is 3. The summed E-state index contributed by atoms with van der Waals surface area (Å²) in [4.78, 5) is 30.7. The van der Waals surface area contributed by atoms with Crippen LogP contribution in [0.1, 0.15) is 27.7 Å². The molecular weight excluding hydrogens is 346 g/mol. The first-order valence-electron chi connectivity index (χ1n) is 8.39. The number of carbonyl (C=O) groups is 1. The van der Waals surface area contributed by atoms with Gasteiger partial charge in [0, 0.05) is 11.8 Å². The molecule has 1 amide bonds. The van der Waals surface area contributed by atoms with Crippen molar-refractivity contribution < 1.29 is 4.79 Å². The number of aromatic nitrogens is 2. The third kappa shape index (κ3) is 2.68. The van der Waals surface area contributed by atoms with Crippen molar-refractivity contribution in [3.63, 3.8) is 0 Å². The lowest BCUT2D eigenvalue weighted by molar-refractivity contribution is 0.103. The largest absolute Gasteiger partial charge is 0.321 e. The molecule has 0 aliphatic heterocycles. The van der Waals surface area contributed by atoms with Gasteiger partial charge in [0.25, 0.3) is 11.5 Å². The van der Waals surface area contributed by atoms with Crippen LogP contribution in [0.5, 0.6) is 0 Å². The van der Waals surface area contributed by atoms with Crippen molar-refractivity contribution in [2.75, 3.05) is 5.32 Å². The SMILES string of the molecule is CCc1cccc(C)c1NC(=O)c1cc(=O)n2c(nc3ccccc32)s1. The van der Waals surface area contributed by atoms with E-state index < -0.39 is 0 Å². The summed E-state index contributed by atoms with van der Waals surface area (Å²) in [7, 11) is 0. The van der Waals surface area contributed by atoms with E-state index in [4.69, 9.17) is 0 Å². The number of amides is 1. The van der Waals surface area contributed by atoms with Crippen molar-refractivity contribution in [2.45, 2.75) is 20.3 Å². The van der Waals surface area contributed by atoms with Gasteiger partial charge >= 0.3 is 0 Å². The summed E-state index contributed by atoms with van der Waals surface area (Å²) in [5, 5.41) is 2.97. The number of carbonyl (C=O) groups excluding carboxylic acids is 1. The molecule has 130 valence electrons. The third-order valence-electron chi connectivity index (χ3n) is 4.41. The maximum absolute atomic E-state index is 12.8. The molecule has 2 heterocycles. The second kappa shape index (κ2) is 6.38. The molecule has 0 spiro atoms. The lowest BCUT2D eigenvalue weighted by Gasteiger charge is -2.12. The van der Waals surface area contributed by atoms with Gasteiger partial charge in [-0.3, -0.25) is 14.0 Å². The number of hydrogen-bond acceptors (Lipinski definition) is 4. The molecule has 2 aromatic carbocycles. The maximum atomic E-state index is 12.8. The Hall–Kier alpha value is -2.99. The molecule has 0 atom stereocenters. The van der Waals surface area contributed by atoms with E-state index in [-0.39, 0.29) is 11.5 Å². The van der Waals surface area contributed by atoms with E-state index in [1.54, 1.807) is 4.40 Å². The Morgan fingerprint density at radius 1 is 1.19 bits per heavy atom. The summed E-state index contributed by atoms with van der Waals surface area (Å²) < 4.78 is 1.54. The van der Waals surface area contributed by atoms with Crippen molar-refractivity contribution >= 4 is 38.9 Å². The molecule has 0 bridgehead atoms. The van der Waals surface area contributed by atoms with E-state index in [0.717, 1.165) is 34.3 Å². The molecule has 0 aliphatic carbocycles. The molecule has 2 aromatic heterocycles. The molecule has 1 N–H and O–H groups in total. The second-order valence-electron chi connectivity index (χ2n) is 6.08. The number of hydrogen-bond donors (Lipinski definition) is 1. The molecule has 0 fully saturated rings. The van der Waals surface area contributed by atoms with Gasteiger partial charge in [-0.1, -0.05) is 48.6 Å². The van der Waals surface area contributed by atoms with Crippen molar-refractivity contribution in [1.82, 2.24) is 9.38 Å². The molecule has 4 rings (SSSR count). The Labute approximate surface area is 153 Å². The van der Waals surface area contributed by atoms with Gasteiger partial charge in [-0.2, -0.15) is 0 Å². The molecule has 26 heavy (non-hydrogen) atoms. The van der Waals surface area contributed by atoms with Crippen LogP contribution >= 0.6 is 11.3 Å². The fourth-order valence-corrected chi connectivity index (χ4v) is 4.00. The fourth-order valence-electron chi connectivity index (χ4n) is 3.08. The first-order valence-corrected chi connectivity index (χ1v) is 9.21. The molecule has 0 aliphatic rings. The van der Waals surface area contributed by atoms with Gasteiger partial charge in [-0.15, -0.1) is 0 Å². The number of aryl methyl sites for hydroxylation is 2. The van der Waals surface area contributed by atoms with Crippen LogP contribution in [0.4, 0.5) is 5.69 Å².